The third-order valence-corrected chi connectivity index (χ3v) is 4.23. The average Bonchev–Trinajstić information content (AvgIpc) is 2.48. The van der Waals surface area contributed by atoms with Crippen molar-refractivity contribution in [1.29, 1.82) is 0 Å². The zero-order valence-electron chi connectivity index (χ0n) is 12.8. The molecule has 116 valence electrons. The van der Waals surface area contributed by atoms with E-state index in [0.717, 1.165) is 5.56 Å². The first-order valence-corrected chi connectivity index (χ1v) is 8.20. The van der Waals surface area contributed by atoms with Crippen molar-refractivity contribution in [2.75, 3.05) is 19.8 Å². The molecule has 1 aromatic rings. The Morgan fingerprint density at radius 2 is 1.95 bits per heavy atom. The van der Waals surface area contributed by atoms with Gasteiger partial charge >= 0.3 is 0 Å². The number of thioether (sulfide) groups is 1. The van der Waals surface area contributed by atoms with Crippen molar-refractivity contribution < 1.29 is 14.3 Å². The van der Waals surface area contributed by atoms with Gasteiger partial charge in [0.15, 0.2) is 6.10 Å². The maximum Gasteiger partial charge on any atom is 0.252 e. The largest absolute Gasteiger partial charge is 0.376 e. The van der Waals surface area contributed by atoms with Gasteiger partial charge in [-0.1, -0.05) is 26.0 Å². The zero-order chi connectivity index (χ0) is 15.2. The normalized spacial score (nSPS) is 20.3. The second-order valence-corrected chi connectivity index (χ2v) is 7.05. The van der Waals surface area contributed by atoms with Crippen molar-refractivity contribution in [1.82, 2.24) is 5.32 Å². The Kier molecular flexibility index (Phi) is 6.08. The molecule has 5 heteroatoms. The fourth-order valence-electron chi connectivity index (χ4n) is 2.14. The van der Waals surface area contributed by atoms with Gasteiger partial charge < -0.3 is 14.8 Å². The number of carbonyl (C=O) groups excluding carboxylic acids is 1. The van der Waals surface area contributed by atoms with E-state index < -0.39 is 6.10 Å². The van der Waals surface area contributed by atoms with Crippen LogP contribution in [0.3, 0.4) is 0 Å². The van der Waals surface area contributed by atoms with Crippen LogP contribution in [0.4, 0.5) is 0 Å². The molecule has 1 heterocycles. The molecule has 1 amide bonds. The summed E-state index contributed by atoms with van der Waals surface area (Å²) < 4.78 is 10.7. The van der Waals surface area contributed by atoms with E-state index in [9.17, 15) is 4.79 Å². The highest BCUT2D eigenvalue weighted by atomic mass is 32.2. The molecular weight excluding hydrogens is 286 g/mol. The Bertz CT molecular complexity index is 455. The van der Waals surface area contributed by atoms with Gasteiger partial charge in [0, 0.05) is 10.1 Å². The molecule has 0 aliphatic carbocycles. The van der Waals surface area contributed by atoms with E-state index in [2.05, 4.69) is 43.4 Å². The first-order valence-electron chi connectivity index (χ1n) is 7.32. The van der Waals surface area contributed by atoms with Crippen LogP contribution in [0, 0.1) is 0 Å². The van der Waals surface area contributed by atoms with Crippen LogP contribution in [-0.2, 0) is 14.3 Å². The molecule has 0 saturated carbocycles. The molecule has 0 bridgehead atoms. The Balaban J connectivity index is 1.90. The van der Waals surface area contributed by atoms with Gasteiger partial charge in [-0.25, -0.2) is 0 Å². The van der Waals surface area contributed by atoms with E-state index in [1.54, 1.807) is 0 Å². The smallest absolute Gasteiger partial charge is 0.252 e. The van der Waals surface area contributed by atoms with E-state index in [4.69, 9.17) is 9.47 Å². The summed E-state index contributed by atoms with van der Waals surface area (Å²) in [6, 6.07) is 8.29. The number of hydrogen-bond acceptors (Lipinski definition) is 4. The van der Waals surface area contributed by atoms with Gasteiger partial charge in [-0.3, -0.25) is 4.79 Å². The molecule has 2 atom stereocenters. The summed E-state index contributed by atoms with van der Waals surface area (Å²) in [5, 5.41) is 3.54. The second-order valence-electron chi connectivity index (χ2n) is 5.40. The standard InChI is InChI=1S/C16H23NO3S/c1-11(2)21-14-6-4-13(5-7-14)12(3)17-16(18)15-10-19-8-9-20-15/h4-7,11-12,15H,8-10H2,1-3H3,(H,17,18)/t12-,15-/m0/s1. The van der Waals surface area contributed by atoms with Crippen LogP contribution in [0.1, 0.15) is 32.4 Å². The second kappa shape index (κ2) is 7.82. The SMILES string of the molecule is CC(C)Sc1ccc([C@H](C)NC(=O)[C@@H]2COCCO2)cc1. The Hall–Kier alpha value is -1.04. The maximum atomic E-state index is 12.1. The third kappa shape index (κ3) is 5.02. The minimum atomic E-state index is -0.489. The summed E-state index contributed by atoms with van der Waals surface area (Å²) in [5.41, 5.74) is 1.09. The van der Waals surface area contributed by atoms with Gasteiger partial charge in [0.2, 0.25) is 0 Å². The Morgan fingerprint density at radius 3 is 2.52 bits per heavy atom. The topological polar surface area (TPSA) is 47.6 Å². The fraction of sp³-hybridized carbons (Fsp3) is 0.562. The summed E-state index contributed by atoms with van der Waals surface area (Å²) in [5.74, 6) is -0.108. The molecule has 0 radical (unpaired) electrons. The quantitative estimate of drug-likeness (QED) is 0.850. The lowest BCUT2D eigenvalue weighted by atomic mass is 10.1. The number of ether oxygens (including phenoxy) is 2. The lowest BCUT2D eigenvalue weighted by molar-refractivity contribution is -0.148. The van der Waals surface area contributed by atoms with Crippen molar-refractivity contribution in [2.24, 2.45) is 0 Å². The van der Waals surface area contributed by atoms with Crippen LogP contribution in [0.25, 0.3) is 0 Å². The monoisotopic (exact) mass is 309 g/mol. The van der Waals surface area contributed by atoms with Crippen molar-refractivity contribution in [2.45, 2.75) is 43.1 Å². The maximum absolute atomic E-state index is 12.1. The lowest BCUT2D eigenvalue weighted by Crippen LogP contribution is -2.43. The summed E-state index contributed by atoms with van der Waals surface area (Å²) in [4.78, 5) is 13.3. The van der Waals surface area contributed by atoms with Crippen LogP contribution in [0.5, 0.6) is 0 Å². The number of rotatable bonds is 5. The van der Waals surface area contributed by atoms with Gasteiger partial charge in [-0.2, -0.15) is 0 Å². The number of benzene rings is 1. The van der Waals surface area contributed by atoms with E-state index in [0.29, 0.717) is 25.1 Å². The molecule has 0 spiro atoms. The highest BCUT2D eigenvalue weighted by molar-refractivity contribution is 7.99. The number of carbonyl (C=O) groups is 1. The predicted octanol–water partition coefficient (Wildman–Crippen LogP) is 2.78. The Labute approximate surface area is 130 Å². The van der Waals surface area contributed by atoms with E-state index >= 15 is 0 Å². The van der Waals surface area contributed by atoms with Gasteiger partial charge in [-0.05, 0) is 24.6 Å². The molecule has 1 N–H and O–H groups in total. The average molecular weight is 309 g/mol. The van der Waals surface area contributed by atoms with Crippen molar-refractivity contribution in [3.05, 3.63) is 29.8 Å². The lowest BCUT2D eigenvalue weighted by Gasteiger charge is -2.24. The van der Waals surface area contributed by atoms with Crippen LogP contribution in [-0.4, -0.2) is 37.1 Å². The molecule has 0 unspecified atom stereocenters. The molecule has 1 aliphatic heterocycles. The number of amides is 1. The van der Waals surface area contributed by atoms with Gasteiger partial charge in [0.1, 0.15) is 0 Å². The van der Waals surface area contributed by atoms with Crippen molar-refractivity contribution >= 4 is 17.7 Å². The summed E-state index contributed by atoms with van der Waals surface area (Å²) in [6.45, 7) is 7.71. The summed E-state index contributed by atoms with van der Waals surface area (Å²) in [7, 11) is 0. The highest BCUT2D eigenvalue weighted by Crippen LogP contribution is 2.24. The minimum Gasteiger partial charge on any atom is -0.376 e. The van der Waals surface area contributed by atoms with Crippen LogP contribution in [0.2, 0.25) is 0 Å². The molecule has 1 saturated heterocycles. The fourth-order valence-corrected chi connectivity index (χ4v) is 2.97. The van der Waals surface area contributed by atoms with Crippen LogP contribution >= 0.6 is 11.8 Å². The van der Waals surface area contributed by atoms with Crippen molar-refractivity contribution in [3.63, 3.8) is 0 Å². The van der Waals surface area contributed by atoms with Crippen molar-refractivity contribution in [3.8, 4) is 0 Å². The number of nitrogens with one attached hydrogen (secondary N) is 1. The molecule has 4 nitrogen and oxygen atoms in total. The highest BCUT2D eigenvalue weighted by Gasteiger charge is 2.24. The third-order valence-electron chi connectivity index (χ3n) is 3.22. The molecular formula is C16H23NO3S. The molecule has 1 aliphatic rings. The molecule has 2 rings (SSSR count). The molecule has 21 heavy (non-hydrogen) atoms. The Morgan fingerprint density at radius 1 is 1.24 bits per heavy atom. The van der Waals surface area contributed by atoms with Gasteiger partial charge in [-0.15, -0.1) is 11.8 Å². The van der Waals surface area contributed by atoms with E-state index in [1.165, 1.54) is 4.90 Å². The zero-order valence-corrected chi connectivity index (χ0v) is 13.6. The minimum absolute atomic E-state index is 0.0406. The number of hydrogen-bond donors (Lipinski definition) is 1. The first kappa shape index (κ1) is 16.3. The summed E-state index contributed by atoms with van der Waals surface area (Å²) in [6.07, 6.45) is -0.489. The van der Waals surface area contributed by atoms with E-state index in [1.807, 2.05) is 18.7 Å². The first-order chi connectivity index (χ1) is 10.1. The molecule has 1 fully saturated rings. The predicted molar refractivity (Wildman–Crippen MR) is 84.6 cm³/mol. The molecule has 1 aromatic carbocycles. The van der Waals surface area contributed by atoms with Crippen LogP contribution < -0.4 is 5.32 Å². The van der Waals surface area contributed by atoms with Gasteiger partial charge in [0.05, 0.1) is 25.9 Å². The molecule has 0 aromatic heterocycles. The van der Waals surface area contributed by atoms with E-state index in [-0.39, 0.29) is 11.9 Å². The van der Waals surface area contributed by atoms with Crippen LogP contribution in [0.15, 0.2) is 29.2 Å². The summed E-state index contributed by atoms with van der Waals surface area (Å²) >= 11 is 1.83. The van der Waals surface area contributed by atoms with Gasteiger partial charge in [0.25, 0.3) is 5.91 Å².